The molecule has 4 heterocycles. The maximum atomic E-state index is 12.6. The third-order valence-corrected chi connectivity index (χ3v) is 9.36. The van der Waals surface area contributed by atoms with E-state index in [4.69, 9.17) is 23.7 Å². The van der Waals surface area contributed by atoms with E-state index in [1.54, 1.807) is 13.8 Å². The summed E-state index contributed by atoms with van der Waals surface area (Å²) >= 11 is 0. The van der Waals surface area contributed by atoms with Crippen LogP contribution in [0, 0.1) is 18.3 Å². The first-order valence-electron chi connectivity index (χ1n) is 11.8. The Kier molecular flexibility index (Phi) is 4.15. The molecule has 1 saturated carbocycles. The molecular weight excluding hydrogens is 444 g/mol. The number of cyclic esters (lactones) is 1. The van der Waals surface area contributed by atoms with Crippen molar-refractivity contribution in [3.63, 3.8) is 0 Å². The third kappa shape index (κ3) is 2.26. The van der Waals surface area contributed by atoms with Gasteiger partial charge in [0, 0.05) is 29.7 Å². The van der Waals surface area contributed by atoms with E-state index >= 15 is 0 Å². The molecule has 34 heavy (non-hydrogen) atoms. The fourth-order valence-electron chi connectivity index (χ4n) is 8.25. The van der Waals surface area contributed by atoms with Crippen molar-refractivity contribution in [1.29, 1.82) is 0 Å². The summed E-state index contributed by atoms with van der Waals surface area (Å²) in [5, 5.41) is 34.6. The van der Waals surface area contributed by atoms with Crippen molar-refractivity contribution in [2.24, 2.45) is 11.3 Å². The lowest BCUT2D eigenvalue weighted by Gasteiger charge is -2.67. The molecule has 9 heteroatoms. The first-order valence-corrected chi connectivity index (χ1v) is 11.8. The van der Waals surface area contributed by atoms with Crippen LogP contribution in [0.2, 0.25) is 0 Å². The van der Waals surface area contributed by atoms with Gasteiger partial charge >= 0.3 is 5.97 Å². The highest BCUT2D eigenvalue weighted by molar-refractivity contribution is 5.98. The van der Waals surface area contributed by atoms with Crippen molar-refractivity contribution in [2.75, 3.05) is 7.11 Å². The Labute approximate surface area is 197 Å². The van der Waals surface area contributed by atoms with E-state index in [0.717, 1.165) is 0 Å². The Bertz CT molecular complexity index is 1130. The second-order valence-electron chi connectivity index (χ2n) is 11.5. The normalized spacial score (nSPS) is 45.4. The average Bonchev–Trinajstić information content (AvgIpc) is 3.20. The molecule has 0 unspecified atom stereocenters. The minimum Gasteiger partial charge on any atom is -0.495 e. The van der Waals surface area contributed by atoms with Gasteiger partial charge in [0.05, 0.1) is 24.9 Å². The number of carbonyl (C=O) groups is 1. The van der Waals surface area contributed by atoms with Gasteiger partial charge < -0.3 is 39.0 Å². The van der Waals surface area contributed by atoms with E-state index in [1.165, 1.54) is 7.11 Å². The first-order chi connectivity index (χ1) is 15.8. The second-order valence-corrected chi connectivity index (χ2v) is 11.5. The van der Waals surface area contributed by atoms with Gasteiger partial charge in [0.15, 0.2) is 0 Å². The number of esters is 1. The molecule has 0 radical (unpaired) electrons. The number of benzene rings is 1. The Hall–Kier alpha value is -1.91. The summed E-state index contributed by atoms with van der Waals surface area (Å²) in [7, 11) is 1.46. The van der Waals surface area contributed by atoms with Crippen LogP contribution in [0.15, 0.2) is 0 Å². The molecule has 6 rings (SSSR count). The van der Waals surface area contributed by atoms with Crippen molar-refractivity contribution in [3.8, 4) is 11.5 Å². The molecule has 4 aliphatic heterocycles. The zero-order chi connectivity index (χ0) is 24.6. The predicted octanol–water partition coefficient (Wildman–Crippen LogP) is 2.25. The summed E-state index contributed by atoms with van der Waals surface area (Å²) in [5.41, 5.74) is -2.03. The molecule has 2 bridgehead atoms. The van der Waals surface area contributed by atoms with Crippen molar-refractivity contribution >= 4 is 5.97 Å². The number of aliphatic hydroxyl groups is 3. The maximum Gasteiger partial charge on any atom is 0.342 e. The van der Waals surface area contributed by atoms with Crippen LogP contribution in [0.1, 0.15) is 80.1 Å². The van der Waals surface area contributed by atoms with Gasteiger partial charge in [-0.3, -0.25) is 0 Å². The third-order valence-electron chi connectivity index (χ3n) is 9.36. The Morgan fingerprint density at radius 2 is 1.79 bits per heavy atom. The minimum absolute atomic E-state index is 0.116. The average molecular weight is 477 g/mol. The lowest BCUT2D eigenvalue weighted by molar-refractivity contribution is -0.388. The number of methoxy groups -OCH3 is 1. The summed E-state index contributed by atoms with van der Waals surface area (Å²) < 4.78 is 29.8. The maximum absolute atomic E-state index is 12.6. The van der Waals surface area contributed by atoms with Crippen LogP contribution in [0.4, 0.5) is 0 Å². The van der Waals surface area contributed by atoms with Crippen LogP contribution < -0.4 is 9.47 Å². The highest BCUT2D eigenvalue weighted by Crippen LogP contribution is 2.72. The second kappa shape index (κ2) is 6.25. The number of rotatable bonds is 1. The summed E-state index contributed by atoms with van der Waals surface area (Å²) in [5.74, 6) is -2.13. The van der Waals surface area contributed by atoms with E-state index < -0.39 is 52.3 Å². The summed E-state index contributed by atoms with van der Waals surface area (Å²) in [6.45, 7) is 9.43. The van der Waals surface area contributed by atoms with Crippen molar-refractivity contribution < 1.29 is 43.8 Å². The molecule has 1 aromatic carbocycles. The van der Waals surface area contributed by atoms with Crippen molar-refractivity contribution in [3.05, 3.63) is 22.3 Å². The molecule has 3 fully saturated rings. The number of ether oxygens (including phenoxy) is 5. The topological polar surface area (TPSA) is 124 Å². The lowest BCUT2D eigenvalue weighted by Crippen LogP contribution is -2.77. The van der Waals surface area contributed by atoms with Crippen molar-refractivity contribution in [1.82, 2.24) is 0 Å². The Balaban J connectivity index is 1.60. The van der Waals surface area contributed by atoms with Gasteiger partial charge in [0.25, 0.3) is 5.97 Å². The molecule has 7 atom stereocenters. The molecule has 0 amide bonds. The van der Waals surface area contributed by atoms with Crippen LogP contribution in [-0.4, -0.2) is 57.3 Å². The van der Waals surface area contributed by atoms with Gasteiger partial charge in [0.1, 0.15) is 40.5 Å². The van der Waals surface area contributed by atoms with E-state index in [2.05, 4.69) is 0 Å². The van der Waals surface area contributed by atoms with Crippen LogP contribution in [0.3, 0.4) is 0 Å². The molecule has 3 N–H and O–H groups in total. The number of fused-ring (bicyclic) bond motifs is 5. The van der Waals surface area contributed by atoms with E-state index in [0.29, 0.717) is 34.4 Å². The number of hydrogen-bond donors (Lipinski definition) is 3. The number of hydrogen-bond acceptors (Lipinski definition) is 9. The van der Waals surface area contributed by atoms with Gasteiger partial charge in [-0.15, -0.1) is 0 Å². The monoisotopic (exact) mass is 476 g/mol. The standard InChI is InChI=1S/C25H32O9/c1-11-12-10-31-20(28)14(12)18(30-6)15-16(27)19-22(4)7-8-24(29)33-21(2,3)25(22,34-24)13(26)9-23(19,5)32-17(11)15/h13,16,19,26-27,29H,7-10H2,1-6H3/t13-,16-,19-,22-,23+,24+,25-/m1/s1. The van der Waals surface area contributed by atoms with E-state index in [9.17, 15) is 20.1 Å². The van der Waals surface area contributed by atoms with Crippen LogP contribution in [0.5, 0.6) is 11.5 Å². The number of aliphatic hydroxyl groups excluding tert-OH is 2. The lowest BCUT2D eigenvalue weighted by atomic mass is 9.45. The Morgan fingerprint density at radius 1 is 1.09 bits per heavy atom. The quantitative estimate of drug-likeness (QED) is 0.524. The van der Waals surface area contributed by atoms with Crippen LogP contribution in [0.25, 0.3) is 0 Å². The summed E-state index contributed by atoms with van der Waals surface area (Å²) in [4.78, 5) is 12.6. The zero-order valence-electron chi connectivity index (χ0n) is 20.4. The predicted molar refractivity (Wildman–Crippen MR) is 116 cm³/mol. The fraction of sp³-hybridized carbons (Fsp3) is 0.720. The Morgan fingerprint density at radius 3 is 2.47 bits per heavy atom. The van der Waals surface area contributed by atoms with Gasteiger partial charge in [-0.2, -0.15) is 0 Å². The SMILES string of the molecule is COc1c2c(c(C)c3c1[C@@H](O)[C@H]1[C@](C)(C[C@@H](O)[C@]45O[C@](O)(CC[C@]14C)OC5(C)C)O3)COC2=O. The number of carbonyl (C=O) groups excluding carboxylic acids is 1. The smallest absolute Gasteiger partial charge is 0.342 e. The highest BCUT2D eigenvalue weighted by Gasteiger charge is 2.81. The summed E-state index contributed by atoms with van der Waals surface area (Å²) in [6, 6.07) is 0. The van der Waals surface area contributed by atoms with E-state index in [1.807, 2.05) is 20.8 Å². The van der Waals surface area contributed by atoms with Crippen LogP contribution >= 0.6 is 0 Å². The van der Waals surface area contributed by atoms with Gasteiger partial charge in [-0.05, 0) is 39.7 Å². The molecule has 5 aliphatic rings. The van der Waals surface area contributed by atoms with Gasteiger partial charge in [-0.25, -0.2) is 4.79 Å². The minimum atomic E-state index is -1.80. The zero-order valence-corrected chi connectivity index (χ0v) is 20.4. The van der Waals surface area contributed by atoms with Gasteiger partial charge in [-0.1, -0.05) is 6.92 Å². The molecule has 2 saturated heterocycles. The van der Waals surface area contributed by atoms with Crippen molar-refractivity contribution in [2.45, 2.75) is 95.5 Å². The molecule has 0 aromatic heterocycles. The first kappa shape index (κ1) is 22.5. The largest absolute Gasteiger partial charge is 0.495 e. The molecule has 186 valence electrons. The van der Waals surface area contributed by atoms with Crippen LogP contribution in [-0.2, 0) is 20.8 Å². The molecule has 1 spiro atoms. The van der Waals surface area contributed by atoms with E-state index in [-0.39, 0.29) is 25.2 Å². The molecule has 9 nitrogen and oxygen atoms in total. The van der Waals surface area contributed by atoms with Gasteiger partial charge in [0.2, 0.25) is 0 Å². The molecule has 1 aromatic rings. The fourth-order valence-corrected chi connectivity index (χ4v) is 8.25. The molecular formula is C25H32O9. The highest BCUT2D eigenvalue weighted by atomic mass is 16.9. The molecule has 1 aliphatic carbocycles. The summed E-state index contributed by atoms with van der Waals surface area (Å²) in [6.07, 6.45) is -1.37.